The second-order valence-corrected chi connectivity index (χ2v) is 7.75. The van der Waals surface area contributed by atoms with Crippen molar-refractivity contribution in [3.63, 3.8) is 0 Å². The summed E-state index contributed by atoms with van der Waals surface area (Å²) in [5.74, 6) is -0.372. The molecule has 6 nitrogen and oxygen atoms in total. The zero-order valence-corrected chi connectivity index (χ0v) is 18.2. The Kier molecular flexibility index (Phi) is 6.09. The Bertz CT molecular complexity index is 1300. The van der Waals surface area contributed by atoms with E-state index in [1.807, 2.05) is 96.6 Å². The van der Waals surface area contributed by atoms with Gasteiger partial charge in [-0.3, -0.25) is 4.79 Å². The number of anilines is 1. The summed E-state index contributed by atoms with van der Waals surface area (Å²) >= 11 is 0. The third kappa shape index (κ3) is 4.42. The van der Waals surface area contributed by atoms with Crippen LogP contribution in [0.25, 0.3) is 22.7 Å². The molecule has 32 heavy (non-hydrogen) atoms. The fraction of sp³-hybridized carbons (Fsp3) is 0.154. The van der Waals surface area contributed by atoms with Gasteiger partial charge in [0.1, 0.15) is 11.6 Å². The molecule has 0 aliphatic heterocycles. The minimum atomic E-state index is -0.372. The Morgan fingerprint density at radius 1 is 1.12 bits per heavy atom. The molecule has 0 bridgehead atoms. The number of rotatable bonds is 7. The Balaban J connectivity index is 1.45. The van der Waals surface area contributed by atoms with Gasteiger partial charge >= 0.3 is 0 Å². The van der Waals surface area contributed by atoms with E-state index >= 15 is 0 Å². The number of fused-ring (bicyclic) bond motifs is 1. The fourth-order valence-corrected chi connectivity index (χ4v) is 3.70. The lowest BCUT2D eigenvalue weighted by molar-refractivity contribution is -0.117. The second-order valence-electron chi connectivity index (χ2n) is 7.75. The monoisotopic (exact) mass is 423 g/mol. The standard InChI is InChI=1S/C26H25N5O/c1-30(2)21-9-11-22(12-10-21)31-15-5-6-23(31)16-20(17-27)26(32)28-14-13-19-18-29-25-8-4-3-7-24(19)25/h3-12,15-16,18,29H,13-14H2,1-2H3,(H,28,32)/b20-16+. The first-order valence-corrected chi connectivity index (χ1v) is 10.5. The summed E-state index contributed by atoms with van der Waals surface area (Å²) < 4.78 is 1.95. The third-order valence-electron chi connectivity index (χ3n) is 5.44. The average molecular weight is 424 g/mol. The summed E-state index contributed by atoms with van der Waals surface area (Å²) in [4.78, 5) is 17.9. The Labute approximate surface area is 187 Å². The maximum absolute atomic E-state index is 12.6. The van der Waals surface area contributed by atoms with Crippen LogP contribution in [0.1, 0.15) is 11.3 Å². The maximum Gasteiger partial charge on any atom is 0.262 e. The summed E-state index contributed by atoms with van der Waals surface area (Å²) in [5, 5.41) is 13.6. The summed E-state index contributed by atoms with van der Waals surface area (Å²) in [6.45, 7) is 0.451. The van der Waals surface area contributed by atoms with E-state index in [1.165, 1.54) is 0 Å². The first-order chi connectivity index (χ1) is 15.6. The van der Waals surface area contributed by atoms with E-state index in [-0.39, 0.29) is 11.5 Å². The number of carbonyl (C=O) groups is 1. The number of amides is 1. The Morgan fingerprint density at radius 2 is 1.91 bits per heavy atom. The van der Waals surface area contributed by atoms with Crippen LogP contribution in [0.3, 0.4) is 0 Å². The number of hydrogen-bond acceptors (Lipinski definition) is 3. The van der Waals surface area contributed by atoms with Gasteiger partial charge < -0.3 is 19.8 Å². The van der Waals surface area contributed by atoms with Gasteiger partial charge in [0.15, 0.2) is 0 Å². The molecular weight excluding hydrogens is 398 g/mol. The first-order valence-electron chi connectivity index (χ1n) is 10.5. The number of nitrogens with zero attached hydrogens (tertiary/aromatic N) is 3. The zero-order chi connectivity index (χ0) is 22.5. The van der Waals surface area contributed by atoms with Crippen molar-refractivity contribution in [3.8, 4) is 11.8 Å². The molecule has 0 spiro atoms. The van der Waals surface area contributed by atoms with Crippen molar-refractivity contribution in [3.05, 3.63) is 89.9 Å². The molecule has 0 aliphatic rings. The molecule has 0 atom stereocenters. The van der Waals surface area contributed by atoms with E-state index in [0.29, 0.717) is 13.0 Å². The quantitative estimate of drug-likeness (QED) is 0.344. The summed E-state index contributed by atoms with van der Waals surface area (Å²) in [6, 6.07) is 22.0. The zero-order valence-electron chi connectivity index (χ0n) is 18.2. The van der Waals surface area contributed by atoms with Crippen molar-refractivity contribution in [1.82, 2.24) is 14.9 Å². The molecule has 1 amide bonds. The van der Waals surface area contributed by atoms with Crippen molar-refractivity contribution in [2.24, 2.45) is 0 Å². The largest absolute Gasteiger partial charge is 0.378 e. The van der Waals surface area contributed by atoms with Crippen LogP contribution < -0.4 is 10.2 Å². The molecule has 6 heteroatoms. The normalized spacial score (nSPS) is 11.3. The molecule has 0 aliphatic carbocycles. The van der Waals surface area contributed by atoms with Gasteiger partial charge in [-0.25, -0.2) is 0 Å². The molecule has 2 N–H and O–H groups in total. The smallest absolute Gasteiger partial charge is 0.262 e. The molecule has 2 aromatic heterocycles. The molecule has 2 aromatic carbocycles. The van der Waals surface area contributed by atoms with Crippen LogP contribution in [-0.2, 0) is 11.2 Å². The molecule has 0 radical (unpaired) electrons. The molecule has 0 saturated carbocycles. The van der Waals surface area contributed by atoms with Crippen LogP contribution in [0.5, 0.6) is 0 Å². The number of nitriles is 1. The number of nitrogens with one attached hydrogen (secondary N) is 2. The highest BCUT2D eigenvalue weighted by Gasteiger charge is 2.11. The van der Waals surface area contributed by atoms with Crippen molar-refractivity contribution in [1.29, 1.82) is 5.26 Å². The molecule has 0 unspecified atom stereocenters. The molecule has 4 aromatic rings. The lowest BCUT2D eigenvalue weighted by atomic mass is 10.1. The van der Waals surface area contributed by atoms with Crippen LogP contribution in [0, 0.1) is 11.3 Å². The minimum absolute atomic E-state index is 0.0776. The van der Waals surface area contributed by atoms with Crippen LogP contribution >= 0.6 is 0 Å². The molecule has 2 heterocycles. The van der Waals surface area contributed by atoms with Crippen LogP contribution in [0.4, 0.5) is 5.69 Å². The highest BCUT2D eigenvalue weighted by Crippen LogP contribution is 2.20. The number of para-hydroxylation sites is 1. The van der Waals surface area contributed by atoms with Gasteiger partial charge in [0, 0.05) is 61.0 Å². The highest BCUT2D eigenvalue weighted by atomic mass is 16.1. The molecule has 4 rings (SSSR count). The van der Waals surface area contributed by atoms with Gasteiger partial charge in [0.25, 0.3) is 5.91 Å². The van der Waals surface area contributed by atoms with Crippen LogP contribution in [0.15, 0.2) is 78.6 Å². The van der Waals surface area contributed by atoms with Crippen molar-refractivity contribution in [2.45, 2.75) is 6.42 Å². The van der Waals surface area contributed by atoms with Crippen molar-refractivity contribution >= 4 is 28.6 Å². The number of H-pyrrole nitrogens is 1. The Hall–Kier alpha value is -4.24. The highest BCUT2D eigenvalue weighted by molar-refractivity contribution is 6.01. The van der Waals surface area contributed by atoms with E-state index in [4.69, 9.17) is 0 Å². The van der Waals surface area contributed by atoms with E-state index in [2.05, 4.69) is 16.4 Å². The van der Waals surface area contributed by atoms with E-state index in [0.717, 1.165) is 33.5 Å². The number of aromatic amines is 1. The SMILES string of the molecule is CN(C)c1ccc(-n2cccc2/C=C(\C#N)C(=O)NCCc2c[nH]c3ccccc23)cc1. The van der Waals surface area contributed by atoms with E-state index in [9.17, 15) is 10.1 Å². The number of carbonyl (C=O) groups excluding carboxylic acids is 1. The minimum Gasteiger partial charge on any atom is -0.378 e. The number of hydrogen-bond donors (Lipinski definition) is 2. The maximum atomic E-state index is 12.6. The van der Waals surface area contributed by atoms with Gasteiger partial charge in [0.05, 0.1) is 0 Å². The average Bonchev–Trinajstić information content (AvgIpc) is 3.44. The fourth-order valence-electron chi connectivity index (χ4n) is 3.70. The van der Waals surface area contributed by atoms with E-state index < -0.39 is 0 Å². The molecule has 0 fully saturated rings. The summed E-state index contributed by atoms with van der Waals surface area (Å²) in [7, 11) is 3.99. The number of benzene rings is 2. The lowest BCUT2D eigenvalue weighted by Gasteiger charge is -2.14. The van der Waals surface area contributed by atoms with Crippen LogP contribution in [0.2, 0.25) is 0 Å². The first kappa shape index (κ1) is 21.0. The number of aromatic nitrogens is 2. The van der Waals surface area contributed by atoms with Gasteiger partial charge in [-0.05, 0) is 60.5 Å². The predicted octanol–water partition coefficient (Wildman–Crippen LogP) is 4.29. The van der Waals surface area contributed by atoms with E-state index in [1.54, 1.807) is 6.08 Å². The van der Waals surface area contributed by atoms with Crippen LogP contribution in [-0.4, -0.2) is 36.1 Å². The molecule has 160 valence electrons. The third-order valence-corrected chi connectivity index (χ3v) is 5.44. The van der Waals surface area contributed by atoms with Gasteiger partial charge in [-0.2, -0.15) is 5.26 Å². The van der Waals surface area contributed by atoms with Gasteiger partial charge in [0.2, 0.25) is 0 Å². The lowest BCUT2D eigenvalue weighted by Crippen LogP contribution is -2.26. The molecular formula is C26H25N5O. The molecule has 0 saturated heterocycles. The van der Waals surface area contributed by atoms with Crippen molar-refractivity contribution in [2.75, 3.05) is 25.5 Å². The summed E-state index contributed by atoms with van der Waals surface area (Å²) in [5.41, 5.74) is 5.12. The topological polar surface area (TPSA) is 76.8 Å². The Morgan fingerprint density at radius 3 is 2.66 bits per heavy atom. The summed E-state index contributed by atoms with van der Waals surface area (Å²) in [6.07, 6.45) is 6.19. The van der Waals surface area contributed by atoms with Gasteiger partial charge in [-0.1, -0.05) is 18.2 Å². The van der Waals surface area contributed by atoms with Gasteiger partial charge in [-0.15, -0.1) is 0 Å². The van der Waals surface area contributed by atoms with Crippen molar-refractivity contribution < 1.29 is 4.79 Å². The second kappa shape index (κ2) is 9.27. The predicted molar refractivity (Wildman–Crippen MR) is 129 cm³/mol.